The molecule has 2 N–H and O–H groups in total. The van der Waals surface area contributed by atoms with E-state index < -0.39 is 0 Å². The number of hydrogen-bond acceptors (Lipinski definition) is 4. The number of hydrogen-bond donors (Lipinski definition) is 2. The van der Waals surface area contributed by atoms with Crippen molar-refractivity contribution in [3.8, 4) is 5.75 Å². The predicted octanol–water partition coefficient (Wildman–Crippen LogP) is 2.34. The van der Waals surface area contributed by atoms with Crippen LogP contribution in [-0.4, -0.2) is 48.9 Å². The highest BCUT2D eigenvalue weighted by Crippen LogP contribution is 2.26. The van der Waals surface area contributed by atoms with Gasteiger partial charge in [0.25, 0.3) is 0 Å². The van der Waals surface area contributed by atoms with Crippen molar-refractivity contribution in [2.24, 2.45) is 0 Å². The molecule has 112 valence electrons. The lowest BCUT2D eigenvalue weighted by molar-refractivity contribution is 0.0962. The van der Waals surface area contributed by atoms with E-state index in [1.807, 2.05) is 25.1 Å². The zero-order valence-electron chi connectivity index (χ0n) is 12.5. The number of nitrogens with one attached hydrogen (secondary N) is 1. The van der Waals surface area contributed by atoms with E-state index in [-0.39, 0.29) is 6.10 Å². The number of piperidine rings is 1. The number of benzene rings is 1. The van der Waals surface area contributed by atoms with Crippen molar-refractivity contribution >= 4 is 5.69 Å². The van der Waals surface area contributed by atoms with Crippen molar-refractivity contribution in [2.75, 3.05) is 32.1 Å². The third-order valence-corrected chi connectivity index (χ3v) is 3.99. The van der Waals surface area contributed by atoms with Gasteiger partial charge in [-0.3, -0.25) is 0 Å². The van der Waals surface area contributed by atoms with Crippen LogP contribution in [0.1, 0.15) is 26.2 Å². The average molecular weight is 278 g/mol. The minimum atomic E-state index is -0.186. The third kappa shape index (κ3) is 4.12. The lowest BCUT2D eigenvalue weighted by Crippen LogP contribution is -2.42. The molecule has 0 bridgehead atoms. The number of para-hydroxylation sites is 2. The molecule has 0 radical (unpaired) electrons. The second-order valence-electron chi connectivity index (χ2n) is 5.48. The molecule has 1 aliphatic rings. The van der Waals surface area contributed by atoms with E-state index in [2.05, 4.69) is 16.3 Å². The molecule has 0 amide bonds. The lowest BCUT2D eigenvalue weighted by atomic mass is 10.0. The Morgan fingerprint density at radius 1 is 1.35 bits per heavy atom. The summed E-state index contributed by atoms with van der Waals surface area (Å²) < 4.78 is 5.37. The fourth-order valence-electron chi connectivity index (χ4n) is 2.67. The summed E-state index contributed by atoms with van der Waals surface area (Å²) in [4.78, 5) is 2.36. The molecule has 1 aliphatic heterocycles. The van der Waals surface area contributed by atoms with Crippen molar-refractivity contribution in [2.45, 2.75) is 38.3 Å². The van der Waals surface area contributed by atoms with Gasteiger partial charge >= 0.3 is 0 Å². The quantitative estimate of drug-likeness (QED) is 0.838. The van der Waals surface area contributed by atoms with Gasteiger partial charge in [0, 0.05) is 25.7 Å². The molecule has 0 unspecified atom stereocenters. The van der Waals surface area contributed by atoms with E-state index in [0.717, 1.165) is 50.3 Å². The Balaban J connectivity index is 1.82. The van der Waals surface area contributed by atoms with Crippen molar-refractivity contribution in [1.29, 1.82) is 0 Å². The fourth-order valence-corrected chi connectivity index (χ4v) is 2.67. The maximum atomic E-state index is 9.71. The van der Waals surface area contributed by atoms with Crippen LogP contribution in [0.5, 0.6) is 5.75 Å². The Hall–Kier alpha value is -1.26. The summed E-state index contributed by atoms with van der Waals surface area (Å²) in [5.74, 6) is 0.899. The number of nitrogens with zero attached hydrogens (tertiary/aromatic N) is 1. The van der Waals surface area contributed by atoms with Crippen molar-refractivity contribution in [3.63, 3.8) is 0 Å². The van der Waals surface area contributed by atoms with Crippen molar-refractivity contribution in [1.82, 2.24) is 4.90 Å². The smallest absolute Gasteiger partial charge is 0.141 e. The molecule has 4 heteroatoms. The number of rotatable bonds is 6. The van der Waals surface area contributed by atoms with E-state index in [0.29, 0.717) is 6.04 Å². The molecule has 1 atom stereocenters. The molecule has 1 fully saturated rings. The van der Waals surface area contributed by atoms with Gasteiger partial charge in [-0.15, -0.1) is 0 Å². The standard InChI is InChI=1S/C16H26N2O2/c1-3-14(19)12-18-10-8-13(9-11-18)17-15-6-4-5-7-16(15)20-2/h4-7,13-14,17,19H,3,8-12H2,1-2H3/t14-/m1/s1. The summed E-state index contributed by atoms with van der Waals surface area (Å²) in [6.07, 6.45) is 2.86. The Kier molecular flexibility index (Phi) is 5.68. The number of methoxy groups -OCH3 is 1. The second kappa shape index (κ2) is 7.50. The van der Waals surface area contributed by atoms with Crippen LogP contribution >= 0.6 is 0 Å². The van der Waals surface area contributed by atoms with E-state index in [1.54, 1.807) is 7.11 Å². The number of aliphatic hydroxyl groups is 1. The van der Waals surface area contributed by atoms with Gasteiger partial charge in [0.1, 0.15) is 5.75 Å². The second-order valence-corrected chi connectivity index (χ2v) is 5.48. The maximum absolute atomic E-state index is 9.71. The molecule has 2 rings (SSSR count). The zero-order chi connectivity index (χ0) is 14.4. The van der Waals surface area contributed by atoms with Gasteiger partial charge in [-0.25, -0.2) is 0 Å². The molecule has 1 saturated heterocycles. The predicted molar refractivity (Wildman–Crippen MR) is 82.4 cm³/mol. The molecular weight excluding hydrogens is 252 g/mol. The molecular formula is C16H26N2O2. The third-order valence-electron chi connectivity index (χ3n) is 3.99. The van der Waals surface area contributed by atoms with Crippen LogP contribution in [0.3, 0.4) is 0 Å². The highest BCUT2D eigenvalue weighted by atomic mass is 16.5. The zero-order valence-corrected chi connectivity index (χ0v) is 12.5. The first kappa shape index (κ1) is 15.1. The van der Waals surface area contributed by atoms with Crippen LogP contribution in [0.4, 0.5) is 5.69 Å². The van der Waals surface area contributed by atoms with Crippen molar-refractivity contribution in [3.05, 3.63) is 24.3 Å². The van der Waals surface area contributed by atoms with Gasteiger partial charge in [-0.1, -0.05) is 19.1 Å². The Bertz CT molecular complexity index is 403. The number of β-amino-alcohol motifs (C(OH)–C–C–N with tert-alkyl or cyclic N) is 1. The van der Waals surface area contributed by atoms with Gasteiger partial charge in [0.2, 0.25) is 0 Å². The van der Waals surface area contributed by atoms with Gasteiger partial charge in [0.05, 0.1) is 18.9 Å². The highest BCUT2D eigenvalue weighted by molar-refractivity contribution is 5.56. The Morgan fingerprint density at radius 3 is 2.70 bits per heavy atom. The maximum Gasteiger partial charge on any atom is 0.141 e. The van der Waals surface area contributed by atoms with Crippen LogP contribution in [0.25, 0.3) is 0 Å². The van der Waals surface area contributed by atoms with Gasteiger partial charge < -0.3 is 20.1 Å². The summed E-state index contributed by atoms with van der Waals surface area (Å²) >= 11 is 0. The molecule has 1 aromatic rings. The average Bonchev–Trinajstić information content (AvgIpc) is 2.49. The summed E-state index contributed by atoms with van der Waals surface area (Å²) in [6, 6.07) is 8.54. The molecule has 1 heterocycles. The first-order valence-corrected chi connectivity index (χ1v) is 7.53. The van der Waals surface area contributed by atoms with Crippen LogP contribution in [-0.2, 0) is 0 Å². The van der Waals surface area contributed by atoms with Crippen LogP contribution in [0.15, 0.2) is 24.3 Å². The minimum Gasteiger partial charge on any atom is -0.495 e. The van der Waals surface area contributed by atoms with E-state index >= 15 is 0 Å². The van der Waals surface area contributed by atoms with E-state index in [1.165, 1.54) is 0 Å². The molecule has 0 aliphatic carbocycles. The number of likely N-dealkylation sites (tertiary alicyclic amines) is 1. The molecule has 4 nitrogen and oxygen atoms in total. The normalized spacial score (nSPS) is 18.8. The Morgan fingerprint density at radius 2 is 2.05 bits per heavy atom. The molecule has 0 spiro atoms. The van der Waals surface area contributed by atoms with Crippen molar-refractivity contribution < 1.29 is 9.84 Å². The molecule has 0 aromatic heterocycles. The molecule has 0 saturated carbocycles. The Labute approximate surface area is 121 Å². The summed E-state index contributed by atoms with van der Waals surface area (Å²) in [5.41, 5.74) is 1.07. The van der Waals surface area contributed by atoms with E-state index in [4.69, 9.17) is 4.74 Å². The SMILES string of the molecule is CC[C@@H](O)CN1CCC(Nc2ccccc2OC)CC1. The van der Waals surface area contributed by atoms with Crippen LogP contribution in [0, 0.1) is 0 Å². The topological polar surface area (TPSA) is 44.7 Å². The number of anilines is 1. The minimum absolute atomic E-state index is 0.186. The summed E-state index contributed by atoms with van der Waals surface area (Å²) in [7, 11) is 1.70. The fraction of sp³-hybridized carbons (Fsp3) is 0.625. The number of aliphatic hydroxyl groups excluding tert-OH is 1. The first-order chi connectivity index (χ1) is 9.72. The van der Waals surface area contributed by atoms with E-state index in [9.17, 15) is 5.11 Å². The van der Waals surface area contributed by atoms with Gasteiger partial charge in [-0.05, 0) is 31.4 Å². The molecule has 20 heavy (non-hydrogen) atoms. The summed E-state index contributed by atoms with van der Waals surface area (Å²) in [6.45, 7) is 4.92. The first-order valence-electron chi connectivity index (χ1n) is 7.53. The lowest BCUT2D eigenvalue weighted by Gasteiger charge is -2.34. The highest BCUT2D eigenvalue weighted by Gasteiger charge is 2.21. The number of ether oxygens (including phenoxy) is 1. The monoisotopic (exact) mass is 278 g/mol. The van der Waals surface area contributed by atoms with Crippen LogP contribution in [0.2, 0.25) is 0 Å². The molecule has 1 aromatic carbocycles. The summed E-state index contributed by atoms with van der Waals surface area (Å²) in [5, 5.41) is 13.3. The van der Waals surface area contributed by atoms with Gasteiger partial charge in [0.15, 0.2) is 0 Å². The largest absolute Gasteiger partial charge is 0.495 e. The van der Waals surface area contributed by atoms with Crippen LogP contribution < -0.4 is 10.1 Å². The van der Waals surface area contributed by atoms with Gasteiger partial charge in [-0.2, -0.15) is 0 Å².